The van der Waals surface area contributed by atoms with Crippen LogP contribution in [-0.2, 0) is 14.3 Å². The predicted octanol–water partition coefficient (Wildman–Crippen LogP) is 1.03. The lowest BCUT2D eigenvalue weighted by molar-refractivity contribution is -0.156. The van der Waals surface area contributed by atoms with Gasteiger partial charge >= 0.3 is 18.0 Å². The van der Waals surface area contributed by atoms with Gasteiger partial charge in [-0.3, -0.25) is 9.59 Å². The SMILES string of the molecule is CC(C)(C)OC(=O)N1CCC(C(=O)O)C(C(=O)O)C1. The number of carbonyl (C=O) groups excluding carboxylic acids is 1. The highest BCUT2D eigenvalue weighted by Gasteiger charge is 2.41. The lowest BCUT2D eigenvalue weighted by atomic mass is 9.86. The molecule has 7 heteroatoms. The van der Waals surface area contributed by atoms with Crippen molar-refractivity contribution in [1.82, 2.24) is 4.90 Å². The molecule has 0 bridgehead atoms. The summed E-state index contributed by atoms with van der Waals surface area (Å²) in [5.41, 5.74) is -0.667. The van der Waals surface area contributed by atoms with Crippen LogP contribution >= 0.6 is 0 Å². The van der Waals surface area contributed by atoms with Crippen molar-refractivity contribution < 1.29 is 29.3 Å². The number of piperidine rings is 1. The highest BCUT2D eigenvalue weighted by atomic mass is 16.6. The zero-order valence-electron chi connectivity index (χ0n) is 11.3. The van der Waals surface area contributed by atoms with Crippen molar-refractivity contribution in [3.05, 3.63) is 0 Å². The van der Waals surface area contributed by atoms with Crippen LogP contribution in [0.1, 0.15) is 27.2 Å². The number of ether oxygens (including phenoxy) is 1. The summed E-state index contributed by atoms with van der Waals surface area (Å²) >= 11 is 0. The molecule has 1 rings (SSSR count). The Morgan fingerprint density at radius 1 is 1.11 bits per heavy atom. The quantitative estimate of drug-likeness (QED) is 0.778. The van der Waals surface area contributed by atoms with Gasteiger partial charge in [-0.2, -0.15) is 0 Å². The van der Waals surface area contributed by atoms with Crippen LogP contribution < -0.4 is 0 Å². The maximum atomic E-state index is 11.8. The minimum atomic E-state index is -1.21. The Hall–Kier alpha value is -1.79. The molecule has 2 N–H and O–H groups in total. The molecule has 2 unspecified atom stereocenters. The molecule has 7 nitrogen and oxygen atoms in total. The molecule has 0 aliphatic carbocycles. The summed E-state index contributed by atoms with van der Waals surface area (Å²) in [7, 11) is 0. The molecule has 1 amide bonds. The van der Waals surface area contributed by atoms with E-state index in [0.29, 0.717) is 0 Å². The summed E-state index contributed by atoms with van der Waals surface area (Å²) < 4.78 is 5.15. The minimum Gasteiger partial charge on any atom is -0.481 e. The van der Waals surface area contributed by atoms with E-state index >= 15 is 0 Å². The lowest BCUT2D eigenvalue weighted by Crippen LogP contribution is -2.49. The number of nitrogens with zero attached hydrogens (tertiary/aromatic N) is 1. The maximum Gasteiger partial charge on any atom is 0.410 e. The number of carboxylic acid groups (broad SMARTS) is 2. The van der Waals surface area contributed by atoms with Gasteiger partial charge in [-0.05, 0) is 27.2 Å². The Morgan fingerprint density at radius 3 is 2.05 bits per heavy atom. The Morgan fingerprint density at radius 2 is 1.63 bits per heavy atom. The van der Waals surface area contributed by atoms with Gasteiger partial charge in [0.25, 0.3) is 0 Å². The van der Waals surface area contributed by atoms with E-state index in [9.17, 15) is 14.4 Å². The fourth-order valence-corrected chi connectivity index (χ4v) is 1.99. The molecule has 0 aromatic rings. The third-order valence-corrected chi connectivity index (χ3v) is 2.90. The first-order valence-electron chi connectivity index (χ1n) is 6.05. The second-order valence-corrected chi connectivity index (χ2v) is 5.60. The number of likely N-dealkylation sites (tertiary alicyclic amines) is 1. The van der Waals surface area contributed by atoms with E-state index in [1.54, 1.807) is 20.8 Å². The summed E-state index contributed by atoms with van der Waals surface area (Å²) in [6.07, 6.45) is -0.492. The summed E-state index contributed by atoms with van der Waals surface area (Å²) in [5.74, 6) is -4.41. The van der Waals surface area contributed by atoms with Crippen molar-refractivity contribution in [2.24, 2.45) is 11.8 Å². The van der Waals surface area contributed by atoms with Crippen LogP contribution in [0.4, 0.5) is 4.79 Å². The Labute approximate surface area is 111 Å². The predicted molar refractivity (Wildman–Crippen MR) is 64.7 cm³/mol. The third kappa shape index (κ3) is 4.11. The molecule has 0 aromatic heterocycles. The molecule has 1 fully saturated rings. The first kappa shape index (κ1) is 15.3. The number of hydrogen-bond donors (Lipinski definition) is 2. The van der Waals surface area contributed by atoms with Gasteiger partial charge in [-0.25, -0.2) is 4.79 Å². The summed E-state index contributed by atoms with van der Waals surface area (Å²) in [5, 5.41) is 18.0. The number of carbonyl (C=O) groups is 3. The zero-order valence-corrected chi connectivity index (χ0v) is 11.3. The molecule has 0 spiro atoms. The molecule has 2 atom stereocenters. The van der Waals surface area contributed by atoms with Gasteiger partial charge in [0.05, 0.1) is 11.8 Å². The molecule has 1 aliphatic rings. The van der Waals surface area contributed by atoms with Crippen LogP contribution in [0.15, 0.2) is 0 Å². The minimum absolute atomic E-state index is 0.117. The van der Waals surface area contributed by atoms with Crippen LogP contribution in [-0.4, -0.2) is 51.8 Å². The van der Waals surface area contributed by atoms with Gasteiger partial charge in [0.15, 0.2) is 0 Å². The molecule has 0 saturated carbocycles. The summed E-state index contributed by atoms with van der Waals surface area (Å²) in [4.78, 5) is 35.1. The van der Waals surface area contributed by atoms with E-state index < -0.39 is 35.5 Å². The first-order valence-corrected chi connectivity index (χ1v) is 6.05. The Balaban J connectivity index is 2.74. The van der Waals surface area contributed by atoms with Crippen molar-refractivity contribution in [3.63, 3.8) is 0 Å². The summed E-state index contributed by atoms with van der Waals surface area (Å²) in [6, 6.07) is 0. The molecular weight excluding hydrogens is 254 g/mol. The van der Waals surface area contributed by atoms with Crippen molar-refractivity contribution in [2.75, 3.05) is 13.1 Å². The number of rotatable bonds is 2. The van der Waals surface area contributed by atoms with Gasteiger partial charge in [-0.1, -0.05) is 0 Å². The molecular formula is C12H19NO6. The molecule has 1 aliphatic heterocycles. The largest absolute Gasteiger partial charge is 0.481 e. The Bertz CT molecular complexity index is 386. The van der Waals surface area contributed by atoms with E-state index in [-0.39, 0.29) is 19.5 Å². The Kier molecular flexibility index (Phi) is 4.39. The summed E-state index contributed by atoms with van der Waals surface area (Å²) in [6.45, 7) is 5.19. The molecule has 0 aromatic carbocycles. The maximum absolute atomic E-state index is 11.8. The van der Waals surface area contributed by atoms with Crippen molar-refractivity contribution in [2.45, 2.75) is 32.8 Å². The van der Waals surface area contributed by atoms with E-state index in [0.717, 1.165) is 0 Å². The molecule has 1 heterocycles. The average Bonchev–Trinajstić information content (AvgIpc) is 2.25. The fraction of sp³-hybridized carbons (Fsp3) is 0.750. The number of amides is 1. The van der Waals surface area contributed by atoms with Gasteiger partial charge < -0.3 is 19.8 Å². The van der Waals surface area contributed by atoms with Gasteiger partial charge in [0.1, 0.15) is 5.60 Å². The van der Waals surface area contributed by atoms with Gasteiger partial charge in [0.2, 0.25) is 0 Å². The topological polar surface area (TPSA) is 104 Å². The van der Waals surface area contributed by atoms with E-state index in [4.69, 9.17) is 14.9 Å². The normalized spacial score (nSPS) is 23.8. The van der Waals surface area contributed by atoms with E-state index in [1.807, 2.05) is 0 Å². The molecule has 1 saturated heterocycles. The van der Waals surface area contributed by atoms with Crippen LogP contribution in [0.25, 0.3) is 0 Å². The van der Waals surface area contributed by atoms with Crippen LogP contribution in [0.5, 0.6) is 0 Å². The molecule has 19 heavy (non-hydrogen) atoms. The lowest BCUT2D eigenvalue weighted by Gasteiger charge is -2.35. The van der Waals surface area contributed by atoms with Crippen LogP contribution in [0.2, 0.25) is 0 Å². The smallest absolute Gasteiger partial charge is 0.410 e. The standard InChI is InChI=1S/C12H19NO6/c1-12(2,3)19-11(18)13-5-4-7(9(14)15)8(6-13)10(16)17/h7-8H,4-6H2,1-3H3,(H,14,15)(H,16,17). The third-order valence-electron chi connectivity index (χ3n) is 2.90. The fourth-order valence-electron chi connectivity index (χ4n) is 1.99. The van der Waals surface area contributed by atoms with E-state index in [1.165, 1.54) is 4.90 Å². The van der Waals surface area contributed by atoms with Crippen LogP contribution in [0.3, 0.4) is 0 Å². The number of carboxylic acids is 2. The second kappa shape index (κ2) is 5.46. The molecule has 108 valence electrons. The average molecular weight is 273 g/mol. The first-order chi connectivity index (χ1) is 8.61. The van der Waals surface area contributed by atoms with Gasteiger partial charge in [-0.15, -0.1) is 0 Å². The highest BCUT2D eigenvalue weighted by molar-refractivity contribution is 5.81. The number of aliphatic carboxylic acids is 2. The van der Waals surface area contributed by atoms with Crippen molar-refractivity contribution >= 4 is 18.0 Å². The van der Waals surface area contributed by atoms with Crippen LogP contribution in [0, 0.1) is 11.8 Å². The number of hydrogen-bond acceptors (Lipinski definition) is 4. The monoisotopic (exact) mass is 273 g/mol. The zero-order chi connectivity index (χ0) is 14.8. The highest BCUT2D eigenvalue weighted by Crippen LogP contribution is 2.25. The second-order valence-electron chi connectivity index (χ2n) is 5.60. The molecule has 0 radical (unpaired) electrons. The van der Waals surface area contributed by atoms with Crippen molar-refractivity contribution in [3.8, 4) is 0 Å². The van der Waals surface area contributed by atoms with Gasteiger partial charge in [0, 0.05) is 13.1 Å². The van der Waals surface area contributed by atoms with E-state index in [2.05, 4.69) is 0 Å². The van der Waals surface area contributed by atoms with Crippen molar-refractivity contribution in [1.29, 1.82) is 0 Å².